The van der Waals surface area contributed by atoms with Crippen LogP contribution >= 0.6 is 23.2 Å². The van der Waals surface area contributed by atoms with Crippen molar-refractivity contribution in [3.63, 3.8) is 0 Å². The van der Waals surface area contributed by atoms with E-state index in [0.29, 0.717) is 0 Å². The van der Waals surface area contributed by atoms with Crippen molar-refractivity contribution in [3.05, 3.63) is 45.4 Å². The number of hydrogen-bond acceptors (Lipinski definition) is 5. The predicted molar refractivity (Wildman–Crippen MR) is 99.1 cm³/mol. The lowest BCUT2D eigenvalue weighted by atomic mass is 10.0. The maximum Gasteiger partial charge on any atom is 0.268 e. The summed E-state index contributed by atoms with van der Waals surface area (Å²) in [6, 6.07) is 4.64. The van der Waals surface area contributed by atoms with Crippen LogP contribution in [0.3, 0.4) is 0 Å². The Morgan fingerprint density at radius 1 is 0.630 bits per heavy atom. The van der Waals surface area contributed by atoms with Gasteiger partial charge in [-0.25, -0.2) is 17.6 Å². The molecule has 2 aromatic rings. The highest BCUT2D eigenvalue weighted by Crippen LogP contribution is 2.43. The minimum absolute atomic E-state index is 0.0957. The number of rotatable bonds is 6. The monoisotopic (exact) mass is 426 g/mol. The van der Waals surface area contributed by atoms with E-state index in [1.54, 1.807) is 0 Å². The SMILES string of the molecule is Nc1cc(Cl)cc(N)c1C(OC(c1c(N)cc(Cl)cc1N)C(F)F)C(F)F. The van der Waals surface area contributed by atoms with E-state index in [-0.39, 0.29) is 43.9 Å². The number of ether oxygens (including phenoxy) is 1. The van der Waals surface area contributed by atoms with Gasteiger partial charge in [-0.2, -0.15) is 0 Å². The molecule has 0 spiro atoms. The zero-order valence-corrected chi connectivity index (χ0v) is 15.1. The van der Waals surface area contributed by atoms with E-state index in [1.807, 2.05) is 0 Å². The van der Waals surface area contributed by atoms with Crippen molar-refractivity contribution in [2.24, 2.45) is 0 Å². The van der Waals surface area contributed by atoms with Gasteiger partial charge < -0.3 is 27.7 Å². The van der Waals surface area contributed by atoms with Gasteiger partial charge >= 0.3 is 0 Å². The Balaban J connectivity index is 2.53. The molecule has 8 N–H and O–H groups in total. The molecule has 0 saturated carbocycles. The Bertz CT molecular complexity index is 725. The van der Waals surface area contributed by atoms with Crippen molar-refractivity contribution in [1.82, 2.24) is 0 Å². The second-order valence-electron chi connectivity index (χ2n) is 5.64. The quantitative estimate of drug-likeness (QED) is 0.396. The maximum absolute atomic E-state index is 13.7. The average Bonchev–Trinajstić information content (AvgIpc) is 2.49. The van der Waals surface area contributed by atoms with Crippen LogP contribution in [-0.4, -0.2) is 12.9 Å². The summed E-state index contributed by atoms with van der Waals surface area (Å²) in [5, 5.41) is 0.191. The van der Waals surface area contributed by atoms with Gasteiger partial charge in [0.15, 0.2) is 0 Å². The van der Waals surface area contributed by atoms with Crippen molar-refractivity contribution in [2.75, 3.05) is 22.9 Å². The first kappa shape index (κ1) is 21.2. The molecule has 0 aliphatic rings. The Kier molecular flexibility index (Phi) is 6.50. The number of nitrogen functional groups attached to an aromatic ring is 4. The normalized spacial score (nSPS) is 13.9. The number of alkyl halides is 4. The standard InChI is InChI=1S/C16H16Cl2F4N4O/c17-5-1-7(23)11(8(24)2-5)13(15(19)20)27-14(16(21)22)12-9(25)3-6(18)4-10(12)26/h1-4,13-16H,23-26H2. The van der Waals surface area contributed by atoms with Gasteiger partial charge in [0, 0.05) is 43.9 Å². The summed E-state index contributed by atoms with van der Waals surface area (Å²) in [5.74, 6) is 0. The molecule has 0 aliphatic heterocycles. The molecule has 0 fully saturated rings. The molecule has 148 valence electrons. The molecule has 2 atom stereocenters. The van der Waals surface area contributed by atoms with E-state index >= 15 is 0 Å². The lowest BCUT2D eigenvalue weighted by molar-refractivity contribution is -0.140. The Hall–Kier alpha value is -2.10. The second-order valence-corrected chi connectivity index (χ2v) is 6.51. The summed E-state index contributed by atoms with van der Waals surface area (Å²) < 4.78 is 59.7. The topological polar surface area (TPSA) is 113 Å². The highest BCUT2D eigenvalue weighted by atomic mass is 35.5. The molecule has 0 radical (unpaired) electrons. The molecule has 0 amide bonds. The van der Waals surface area contributed by atoms with Crippen LogP contribution in [0.15, 0.2) is 24.3 Å². The van der Waals surface area contributed by atoms with E-state index in [4.69, 9.17) is 50.9 Å². The maximum atomic E-state index is 13.7. The van der Waals surface area contributed by atoms with Gasteiger partial charge in [-0.05, 0) is 24.3 Å². The zero-order chi connectivity index (χ0) is 20.5. The van der Waals surface area contributed by atoms with E-state index in [1.165, 1.54) is 0 Å². The highest BCUT2D eigenvalue weighted by Gasteiger charge is 2.36. The van der Waals surface area contributed by atoms with E-state index in [9.17, 15) is 17.6 Å². The van der Waals surface area contributed by atoms with Crippen molar-refractivity contribution in [3.8, 4) is 0 Å². The fourth-order valence-electron chi connectivity index (χ4n) is 2.64. The summed E-state index contributed by atoms with van der Waals surface area (Å²) in [6.45, 7) is 0. The lowest BCUT2D eigenvalue weighted by Crippen LogP contribution is -2.24. The van der Waals surface area contributed by atoms with E-state index in [2.05, 4.69) is 0 Å². The Morgan fingerprint density at radius 3 is 1.11 bits per heavy atom. The van der Waals surface area contributed by atoms with E-state index < -0.39 is 25.1 Å². The van der Waals surface area contributed by atoms with Gasteiger partial charge in [-0.15, -0.1) is 0 Å². The summed E-state index contributed by atoms with van der Waals surface area (Å²) in [5.41, 5.74) is 21.2. The molecule has 0 heterocycles. The fourth-order valence-corrected chi connectivity index (χ4v) is 3.11. The molecule has 5 nitrogen and oxygen atoms in total. The van der Waals surface area contributed by atoms with Crippen LogP contribution in [0.2, 0.25) is 10.0 Å². The van der Waals surface area contributed by atoms with Crippen LogP contribution < -0.4 is 22.9 Å². The highest BCUT2D eigenvalue weighted by molar-refractivity contribution is 6.31. The zero-order valence-electron chi connectivity index (χ0n) is 13.6. The van der Waals surface area contributed by atoms with Crippen LogP contribution in [0, 0.1) is 0 Å². The van der Waals surface area contributed by atoms with Gasteiger partial charge in [0.1, 0.15) is 12.2 Å². The van der Waals surface area contributed by atoms with Crippen LogP contribution in [0.5, 0.6) is 0 Å². The minimum atomic E-state index is -3.23. The molecule has 0 saturated heterocycles. The summed E-state index contributed by atoms with van der Waals surface area (Å²) >= 11 is 11.5. The first-order valence-electron chi connectivity index (χ1n) is 7.43. The Labute approximate surface area is 162 Å². The third-order valence-corrected chi connectivity index (χ3v) is 4.17. The molecule has 2 unspecified atom stereocenters. The van der Waals surface area contributed by atoms with Gasteiger partial charge in [0.25, 0.3) is 12.9 Å². The number of benzene rings is 2. The van der Waals surface area contributed by atoms with Crippen molar-refractivity contribution in [2.45, 2.75) is 25.1 Å². The molecular formula is C16H16Cl2F4N4O. The minimum Gasteiger partial charge on any atom is -0.398 e. The third-order valence-electron chi connectivity index (χ3n) is 3.74. The second kappa shape index (κ2) is 8.28. The first-order valence-corrected chi connectivity index (χ1v) is 8.19. The van der Waals surface area contributed by atoms with Crippen molar-refractivity contribution < 1.29 is 22.3 Å². The largest absolute Gasteiger partial charge is 0.398 e. The first-order chi connectivity index (χ1) is 12.5. The van der Waals surface area contributed by atoms with Gasteiger partial charge in [-0.1, -0.05) is 23.2 Å². The number of anilines is 4. The number of nitrogens with two attached hydrogens (primary N) is 4. The van der Waals surface area contributed by atoms with Crippen LogP contribution in [0.1, 0.15) is 23.3 Å². The molecule has 2 aromatic carbocycles. The molecule has 0 aliphatic carbocycles. The summed E-state index contributed by atoms with van der Waals surface area (Å²) in [7, 11) is 0. The van der Waals surface area contributed by atoms with Crippen LogP contribution in [-0.2, 0) is 4.74 Å². The summed E-state index contributed by atoms with van der Waals surface area (Å²) in [6.07, 6.45) is -10.8. The third kappa shape index (κ3) is 4.60. The average molecular weight is 427 g/mol. The van der Waals surface area contributed by atoms with Gasteiger partial charge in [0.2, 0.25) is 0 Å². The lowest BCUT2D eigenvalue weighted by Gasteiger charge is -2.28. The Morgan fingerprint density at radius 2 is 0.889 bits per heavy atom. The number of hydrogen-bond donors (Lipinski definition) is 4. The fraction of sp³-hybridized carbons (Fsp3) is 0.250. The molecular weight excluding hydrogens is 411 g/mol. The van der Waals surface area contributed by atoms with Crippen LogP contribution in [0.4, 0.5) is 40.3 Å². The van der Waals surface area contributed by atoms with Crippen molar-refractivity contribution in [1.29, 1.82) is 0 Å². The van der Waals surface area contributed by atoms with Crippen molar-refractivity contribution >= 4 is 46.0 Å². The molecule has 11 heteroatoms. The van der Waals surface area contributed by atoms with Gasteiger partial charge in [-0.3, -0.25) is 0 Å². The predicted octanol–water partition coefficient (Wildman–Crippen LogP) is 4.65. The molecule has 2 rings (SSSR count). The van der Waals surface area contributed by atoms with Crippen LogP contribution in [0.25, 0.3) is 0 Å². The van der Waals surface area contributed by atoms with E-state index in [0.717, 1.165) is 24.3 Å². The molecule has 0 bridgehead atoms. The van der Waals surface area contributed by atoms with Gasteiger partial charge in [0.05, 0.1) is 0 Å². The molecule has 27 heavy (non-hydrogen) atoms. The smallest absolute Gasteiger partial charge is 0.268 e. The number of halogens is 6. The summed E-state index contributed by atoms with van der Waals surface area (Å²) in [4.78, 5) is 0. The molecule has 0 aromatic heterocycles.